The van der Waals surface area contributed by atoms with E-state index in [1.54, 1.807) is 0 Å². The van der Waals surface area contributed by atoms with Gasteiger partial charge in [0, 0.05) is 5.88 Å². The first-order chi connectivity index (χ1) is 9.70. The number of hydrogen-bond acceptors (Lipinski definition) is 1. The lowest BCUT2D eigenvalue weighted by molar-refractivity contribution is 0.0775. The van der Waals surface area contributed by atoms with Gasteiger partial charge in [0.1, 0.15) is 5.60 Å². The number of aryl methyl sites for hydroxylation is 1. The molecular formula is C18H21ClO. The number of aliphatic hydroxyl groups is 1. The Bertz CT molecular complexity index is 521. The smallest absolute Gasteiger partial charge is 0.116 e. The largest absolute Gasteiger partial charge is 0.380 e. The molecule has 1 atom stereocenters. The molecule has 0 spiro atoms. The highest BCUT2D eigenvalue weighted by Gasteiger charge is 2.30. The standard InChI is InChI=1S/C18H21ClO/c1-2-6-15-9-11-17(12-10-15)18(20,13-14-19)16-7-4-3-5-8-16/h3-5,7-12,20H,2,6,13-14H2,1H3. The summed E-state index contributed by atoms with van der Waals surface area (Å²) in [6.45, 7) is 2.17. The summed E-state index contributed by atoms with van der Waals surface area (Å²) < 4.78 is 0. The van der Waals surface area contributed by atoms with Crippen molar-refractivity contribution in [2.24, 2.45) is 0 Å². The first kappa shape index (κ1) is 15.1. The summed E-state index contributed by atoms with van der Waals surface area (Å²) in [6, 6.07) is 18.0. The second kappa shape index (κ2) is 6.92. The van der Waals surface area contributed by atoms with Crippen molar-refractivity contribution in [3.8, 4) is 0 Å². The van der Waals surface area contributed by atoms with Crippen molar-refractivity contribution in [3.05, 3.63) is 71.3 Å². The topological polar surface area (TPSA) is 20.2 Å². The van der Waals surface area contributed by atoms with E-state index in [4.69, 9.17) is 11.6 Å². The summed E-state index contributed by atoms with van der Waals surface area (Å²) in [7, 11) is 0. The van der Waals surface area contributed by atoms with E-state index >= 15 is 0 Å². The van der Waals surface area contributed by atoms with E-state index < -0.39 is 5.60 Å². The second-order valence-electron chi connectivity index (χ2n) is 5.11. The van der Waals surface area contributed by atoms with Crippen LogP contribution < -0.4 is 0 Å². The van der Waals surface area contributed by atoms with E-state index in [0.29, 0.717) is 12.3 Å². The Morgan fingerprint density at radius 3 is 2.10 bits per heavy atom. The van der Waals surface area contributed by atoms with Crippen LogP contribution in [0.3, 0.4) is 0 Å². The molecule has 0 fully saturated rings. The van der Waals surface area contributed by atoms with Gasteiger partial charge in [-0.2, -0.15) is 0 Å². The molecule has 2 aromatic rings. The van der Waals surface area contributed by atoms with Gasteiger partial charge in [0.25, 0.3) is 0 Å². The Balaban J connectivity index is 2.37. The predicted octanol–water partition coefficient (Wildman–Crippen LogP) is 4.50. The van der Waals surface area contributed by atoms with Crippen LogP contribution in [0, 0.1) is 0 Å². The maximum absolute atomic E-state index is 11.1. The van der Waals surface area contributed by atoms with Crippen LogP contribution in [0.15, 0.2) is 54.6 Å². The minimum Gasteiger partial charge on any atom is -0.380 e. The SMILES string of the molecule is CCCc1ccc(C(O)(CCCl)c2ccccc2)cc1. The summed E-state index contributed by atoms with van der Waals surface area (Å²) in [5.74, 6) is 0.419. The molecule has 2 aromatic carbocycles. The van der Waals surface area contributed by atoms with E-state index in [2.05, 4.69) is 19.1 Å². The summed E-state index contributed by atoms with van der Waals surface area (Å²) in [6.07, 6.45) is 2.70. The van der Waals surface area contributed by atoms with Gasteiger partial charge in [0.05, 0.1) is 0 Å². The van der Waals surface area contributed by atoms with Gasteiger partial charge in [-0.1, -0.05) is 67.9 Å². The molecule has 1 N–H and O–H groups in total. The molecule has 0 aliphatic rings. The minimum absolute atomic E-state index is 0.419. The molecule has 2 rings (SSSR count). The predicted molar refractivity (Wildman–Crippen MR) is 85.2 cm³/mol. The van der Waals surface area contributed by atoms with Crippen molar-refractivity contribution < 1.29 is 5.11 Å². The van der Waals surface area contributed by atoms with Gasteiger partial charge in [-0.05, 0) is 29.5 Å². The van der Waals surface area contributed by atoms with Crippen molar-refractivity contribution in [2.45, 2.75) is 31.8 Å². The molecule has 0 bridgehead atoms. The first-order valence-electron chi connectivity index (χ1n) is 7.14. The van der Waals surface area contributed by atoms with Crippen LogP contribution in [0.1, 0.15) is 36.5 Å². The summed E-state index contributed by atoms with van der Waals surface area (Å²) in [4.78, 5) is 0. The minimum atomic E-state index is -1.01. The monoisotopic (exact) mass is 288 g/mol. The fraction of sp³-hybridized carbons (Fsp3) is 0.333. The normalized spacial score (nSPS) is 13.9. The van der Waals surface area contributed by atoms with Crippen LogP contribution in [0.25, 0.3) is 0 Å². The molecule has 0 saturated carbocycles. The van der Waals surface area contributed by atoms with Gasteiger partial charge < -0.3 is 5.11 Å². The lowest BCUT2D eigenvalue weighted by Crippen LogP contribution is -2.27. The van der Waals surface area contributed by atoms with Crippen LogP contribution in [0.2, 0.25) is 0 Å². The fourth-order valence-corrected chi connectivity index (χ4v) is 2.82. The number of alkyl halides is 1. The molecule has 2 heteroatoms. The molecule has 1 nitrogen and oxygen atoms in total. The Morgan fingerprint density at radius 1 is 0.950 bits per heavy atom. The molecule has 20 heavy (non-hydrogen) atoms. The van der Waals surface area contributed by atoms with Gasteiger partial charge in [-0.15, -0.1) is 11.6 Å². The Hall–Kier alpha value is -1.31. The van der Waals surface area contributed by atoms with E-state index in [9.17, 15) is 5.11 Å². The second-order valence-corrected chi connectivity index (χ2v) is 5.49. The van der Waals surface area contributed by atoms with Crippen LogP contribution >= 0.6 is 11.6 Å². The molecule has 0 aromatic heterocycles. The third kappa shape index (κ3) is 3.23. The summed E-state index contributed by atoms with van der Waals surface area (Å²) in [5.41, 5.74) is 2.10. The number of hydrogen-bond donors (Lipinski definition) is 1. The van der Waals surface area contributed by atoms with E-state index in [0.717, 1.165) is 24.0 Å². The Morgan fingerprint density at radius 2 is 1.55 bits per heavy atom. The highest BCUT2D eigenvalue weighted by atomic mass is 35.5. The van der Waals surface area contributed by atoms with Crippen molar-refractivity contribution in [3.63, 3.8) is 0 Å². The molecule has 0 amide bonds. The summed E-state index contributed by atoms with van der Waals surface area (Å²) >= 11 is 5.91. The molecule has 0 heterocycles. The van der Waals surface area contributed by atoms with Gasteiger partial charge >= 0.3 is 0 Å². The van der Waals surface area contributed by atoms with Gasteiger partial charge in [0.2, 0.25) is 0 Å². The van der Waals surface area contributed by atoms with Crippen molar-refractivity contribution in [1.29, 1.82) is 0 Å². The zero-order valence-electron chi connectivity index (χ0n) is 11.8. The van der Waals surface area contributed by atoms with Crippen LogP contribution in [-0.2, 0) is 12.0 Å². The van der Waals surface area contributed by atoms with E-state index in [-0.39, 0.29) is 0 Å². The molecule has 0 aliphatic heterocycles. The maximum Gasteiger partial charge on any atom is 0.116 e. The van der Waals surface area contributed by atoms with E-state index in [1.807, 2.05) is 42.5 Å². The quantitative estimate of drug-likeness (QED) is 0.776. The molecule has 0 saturated heterocycles. The average molecular weight is 289 g/mol. The van der Waals surface area contributed by atoms with Crippen molar-refractivity contribution in [1.82, 2.24) is 0 Å². The van der Waals surface area contributed by atoms with Crippen molar-refractivity contribution in [2.75, 3.05) is 5.88 Å². The lowest BCUT2D eigenvalue weighted by Gasteiger charge is -2.29. The zero-order chi connectivity index (χ0) is 14.4. The molecule has 106 valence electrons. The van der Waals surface area contributed by atoms with Crippen LogP contribution in [-0.4, -0.2) is 11.0 Å². The highest BCUT2D eigenvalue weighted by Crippen LogP contribution is 2.33. The molecule has 1 unspecified atom stereocenters. The lowest BCUT2D eigenvalue weighted by atomic mass is 9.83. The van der Waals surface area contributed by atoms with Gasteiger partial charge in [-0.3, -0.25) is 0 Å². The number of rotatable bonds is 6. The average Bonchev–Trinajstić information content (AvgIpc) is 2.49. The summed E-state index contributed by atoms with van der Waals surface area (Å²) in [5, 5.41) is 11.1. The van der Waals surface area contributed by atoms with Gasteiger partial charge in [0.15, 0.2) is 0 Å². The number of halogens is 1. The third-order valence-corrected chi connectivity index (χ3v) is 3.87. The molecular weight excluding hydrogens is 268 g/mol. The maximum atomic E-state index is 11.1. The van der Waals surface area contributed by atoms with Crippen LogP contribution in [0.5, 0.6) is 0 Å². The highest BCUT2D eigenvalue weighted by molar-refractivity contribution is 6.17. The zero-order valence-corrected chi connectivity index (χ0v) is 12.6. The van der Waals surface area contributed by atoms with E-state index in [1.165, 1.54) is 5.56 Å². The Kier molecular flexibility index (Phi) is 5.22. The molecule has 0 radical (unpaired) electrons. The van der Waals surface area contributed by atoms with Gasteiger partial charge in [-0.25, -0.2) is 0 Å². The number of benzene rings is 2. The fourth-order valence-electron chi connectivity index (χ4n) is 2.54. The first-order valence-corrected chi connectivity index (χ1v) is 7.67. The van der Waals surface area contributed by atoms with Crippen LogP contribution in [0.4, 0.5) is 0 Å². The Labute approximate surface area is 126 Å². The molecule has 0 aliphatic carbocycles. The van der Waals surface area contributed by atoms with Crippen molar-refractivity contribution >= 4 is 11.6 Å². The third-order valence-electron chi connectivity index (χ3n) is 3.68.